The first-order chi connectivity index (χ1) is 11.0. The zero-order valence-electron chi connectivity index (χ0n) is 12.8. The molecule has 0 saturated carbocycles. The van der Waals surface area contributed by atoms with E-state index in [-0.39, 0.29) is 5.56 Å². The molecule has 0 amide bonds. The lowest BCUT2D eigenvalue weighted by molar-refractivity contribution is 0.0696. The Morgan fingerprint density at radius 3 is 2.61 bits per heavy atom. The summed E-state index contributed by atoms with van der Waals surface area (Å²) in [6, 6.07) is 11.1. The minimum atomic E-state index is -0.992. The van der Waals surface area contributed by atoms with Gasteiger partial charge < -0.3 is 15.3 Å². The van der Waals surface area contributed by atoms with Gasteiger partial charge >= 0.3 is 5.97 Å². The highest BCUT2D eigenvalue weighted by atomic mass is 16.4. The average Bonchev–Trinajstić information content (AvgIpc) is 2.55. The van der Waals surface area contributed by atoms with Crippen LogP contribution in [0.5, 0.6) is 0 Å². The molecule has 6 nitrogen and oxygen atoms in total. The maximum atomic E-state index is 10.9. The third-order valence-corrected chi connectivity index (χ3v) is 3.51. The van der Waals surface area contributed by atoms with Crippen LogP contribution in [0, 0.1) is 0 Å². The predicted molar refractivity (Wildman–Crippen MR) is 90.5 cm³/mol. The lowest BCUT2D eigenvalue weighted by atomic mass is 10.1. The number of nitrogens with one attached hydrogen (secondary N) is 1. The summed E-state index contributed by atoms with van der Waals surface area (Å²) in [5.41, 5.74) is 2.98. The number of benzene rings is 1. The summed E-state index contributed by atoms with van der Waals surface area (Å²) >= 11 is 0. The Morgan fingerprint density at radius 2 is 1.96 bits per heavy atom. The molecule has 2 N–H and O–H groups in total. The van der Waals surface area contributed by atoms with Crippen LogP contribution in [0.4, 0.5) is 17.2 Å². The van der Waals surface area contributed by atoms with Gasteiger partial charge in [-0.15, -0.1) is 0 Å². The van der Waals surface area contributed by atoms with Crippen molar-refractivity contribution < 1.29 is 9.90 Å². The second-order valence-electron chi connectivity index (χ2n) is 5.32. The van der Waals surface area contributed by atoms with E-state index in [1.165, 1.54) is 12.3 Å². The summed E-state index contributed by atoms with van der Waals surface area (Å²) in [5, 5.41) is 13.1. The lowest BCUT2D eigenvalue weighted by Gasteiger charge is -2.15. The minimum absolute atomic E-state index is 0.157. The molecule has 0 aliphatic heterocycles. The van der Waals surface area contributed by atoms with E-state index in [0.717, 1.165) is 22.3 Å². The van der Waals surface area contributed by atoms with Gasteiger partial charge in [0.15, 0.2) is 0 Å². The largest absolute Gasteiger partial charge is 0.478 e. The van der Waals surface area contributed by atoms with Crippen molar-refractivity contribution >= 4 is 34.1 Å². The van der Waals surface area contributed by atoms with Crippen LogP contribution in [0.3, 0.4) is 0 Å². The number of aromatic nitrogens is 2. The molecule has 0 saturated heterocycles. The summed E-state index contributed by atoms with van der Waals surface area (Å²) in [4.78, 5) is 21.4. The predicted octanol–water partition coefficient (Wildman–Crippen LogP) is 3.14. The van der Waals surface area contributed by atoms with Crippen molar-refractivity contribution in [2.75, 3.05) is 24.3 Å². The Balaban J connectivity index is 1.98. The number of rotatable bonds is 4. The Morgan fingerprint density at radius 1 is 1.13 bits per heavy atom. The number of hydrogen-bond acceptors (Lipinski definition) is 5. The Labute approximate surface area is 133 Å². The molecular formula is C17H16N4O2. The second-order valence-corrected chi connectivity index (χ2v) is 5.32. The van der Waals surface area contributed by atoms with Crippen molar-refractivity contribution in [3.63, 3.8) is 0 Å². The molecule has 0 atom stereocenters. The molecular weight excluding hydrogens is 292 g/mol. The SMILES string of the molecule is CN(C)c1ccc2nccc(Nc3ccc(C(=O)O)cn3)c2c1. The van der Waals surface area contributed by atoms with Crippen molar-refractivity contribution in [1.82, 2.24) is 9.97 Å². The third kappa shape index (κ3) is 3.06. The number of aromatic carboxylic acids is 1. The van der Waals surface area contributed by atoms with Crippen LogP contribution in [-0.2, 0) is 0 Å². The maximum absolute atomic E-state index is 10.9. The van der Waals surface area contributed by atoms with Crippen LogP contribution >= 0.6 is 0 Å². The van der Waals surface area contributed by atoms with E-state index in [2.05, 4.69) is 21.4 Å². The van der Waals surface area contributed by atoms with Crippen molar-refractivity contribution in [3.8, 4) is 0 Å². The zero-order chi connectivity index (χ0) is 16.4. The van der Waals surface area contributed by atoms with E-state index < -0.39 is 5.97 Å². The van der Waals surface area contributed by atoms with Gasteiger partial charge in [0, 0.05) is 37.6 Å². The smallest absolute Gasteiger partial charge is 0.337 e. The van der Waals surface area contributed by atoms with Crippen LogP contribution in [-0.4, -0.2) is 35.1 Å². The van der Waals surface area contributed by atoms with E-state index in [0.29, 0.717) is 5.82 Å². The highest BCUT2D eigenvalue weighted by Gasteiger charge is 2.07. The van der Waals surface area contributed by atoms with Crippen molar-refractivity contribution in [1.29, 1.82) is 0 Å². The zero-order valence-corrected chi connectivity index (χ0v) is 12.8. The number of pyridine rings is 2. The summed E-state index contributed by atoms with van der Waals surface area (Å²) in [7, 11) is 3.97. The molecule has 0 fully saturated rings. The molecule has 23 heavy (non-hydrogen) atoms. The molecule has 116 valence electrons. The lowest BCUT2D eigenvalue weighted by Crippen LogP contribution is -2.08. The number of nitrogens with zero attached hydrogens (tertiary/aromatic N) is 3. The van der Waals surface area contributed by atoms with Crippen LogP contribution in [0.1, 0.15) is 10.4 Å². The van der Waals surface area contributed by atoms with Gasteiger partial charge in [-0.2, -0.15) is 0 Å². The Bertz CT molecular complexity index is 860. The van der Waals surface area contributed by atoms with Gasteiger partial charge in [0.25, 0.3) is 0 Å². The van der Waals surface area contributed by atoms with Crippen LogP contribution in [0.2, 0.25) is 0 Å². The number of carbonyl (C=O) groups is 1. The molecule has 3 aromatic rings. The fourth-order valence-electron chi connectivity index (χ4n) is 2.25. The molecule has 0 bridgehead atoms. The highest BCUT2D eigenvalue weighted by Crippen LogP contribution is 2.27. The highest BCUT2D eigenvalue weighted by molar-refractivity contribution is 5.95. The minimum Gasteiger partial charge on any atom is -0.478 e. The Hall–Kier alpha value is -3.15. The van der Waals surface area contributed by atoms with Gasteiger partial charge in [0.1, 0.15) is 5.82 Å². The molecule has 0 aliphatic rings. The summed E-state index contributed by atoms with van der Waals surface area (Å²) < 4.78 is 0. The molecule has 0 aliphatic carbocycles. The molecule has 2 aromatic heterocycles. The molecule has 0 spiro atoms. The number of hydrogen-bond donors (Lipinski definition) is 2. The van der Waals surface area contributed by atoms with E-state index in [1.54, 1.807) is 12.3 Å². The first-order valence-corrected chi connectivity index (χ1v) is 7.07. The van der Waals surface area contributed by atoms with Gasteiger partial charge in [-0.1, -0.05) is 0 Å². The van der Waals surface area contributed by atoms with E-state index in [9.17, 15) is 4.79 Å². The van der Waals surface area contributed by atoms with Crippen LogP contribution < -0.4 is 10.2 Å². The van der Waals surface area contributed by atoms with Crippen LogP contribution in [0.15, 0.2) is 48.8 Å². The first-order valence-electron chi connectivity index (χ1n) is 7.07. The monoisotopic (exact) mass is 308 g/mol. The van der Waals surface area contributed by atoms with E-state index in [1.807, 2.05) is 37.2 Å². The fourth-order valence-corrected chi connectivity index (χ4v) is 2.25. The summed E-state index contributed by atoms with van der Waals surface area (Å²) in [6.45, 7) is 0. The third-order valence-electron chi connectivity index (χ3n) is 3.51. The summed E-state index contributed by atoms with van der Waals surface area (Å²) in [6.07, 6.45) is 3.06. The molecule has 1 aromatic carbocycles. The topological polar surface area (TPSA) is 78.4 Å². The van der Waals surface area contributed by atoms with Gasteiger partial charge in [0.05, 0.1) is 16.8 Å². The van der Waals surface area contributed by atoms with Gasteiger partial charge in [-0.3, -0.25) is 4.98 Å². The van der Waals surface area contributed by atoms with Crippen molar-refractivity contribution in [3.05, 3.63) is 54.4 Å². The number of carboxylic acids is 1. The summed E-state index contributed by atoms with van der Waals surface area (Å²) in [5.74, 6) is -0.410. The maximum Gasteiger partial charge on any atom is 0.337 e. The fraction of sp³-hybridized carbons (Fsp3) is 0.118. The average molecular weight is 308 g/mol. The quantitative estimate of drug-likeness (QED) is 0.771. The Kier molecular flexibility index (Phi) is 3.80. The number of anilines is 3. The van der Waals surface area contributed by atoms with Crippen molar-refractivity contribution in [2.24, 2.45) is 0 Å². The van der Waals surface area contributed by atoms with Gasteiger partial charge in [0.2, 0.25) is 0 Å². The number of carboxylic acid groups (broad SMARTS) is 1. The van der Waals surface area contributed by atoms with Crippen molar-refractivity contribution in [2.45, 2.75) is 0 Å². The molecule has 6 heteroatoms. The molecule has 0 radical (unpaired) electrons. The molecule has 0 unspecified atom stereocenters. The van der Waals surface area contributed by atoms with Gasteiger partial charge in [-0.05, 0) is 36.4 Å². The molecule has 3 rings (SSSR count). The first kappa shape index (κ1) is 14.8. The normalized spacial score (nSPS) is 10.5. The number of fused-ring (bicyclic) bond motifs is 1. The van der Waals surface area contributed by atoms with Gasteiger partial charge in [-0.25, -0.2) is 9.78 Å². The standard InChI is InChI=1S/C17H16N4O2/c1-21(2)12-4-5-14-13(9-12)15(7-8-18-14)20-16-6-3-11(10-19-16)17(22)23/h3-10H,1-2H3,(H,22,23)(H,18,19,20). The van der Waals surface area contributed by atoms with Crippen LogP contribution in [0.25, 0.3) is 10.9 Å². The van der Waals surface area contributed by atoms with E-state index in [4.69, 9.17) is 5.11 Å². The second kappa shape index (κ2) is 5.92. The van der Waals surface area contributed by atoms with E-state index >= 15 is 0 Å². The molecule has 2 heterocycles.